The summed E-state index contributed by atoms with van der Waals surface area (Å²) in [7, 11) is 0. The minimum atomic E-state index is 0.0769. The molecule has 1 radical (unpaired) electrons. The second-order valence-corrected chi connectivity index (χ2v) is 8.92. The van der Waals surface area contributed by atoms with Gasteiger partial charge in [0.25, 0.3) is 0 Å². The number of rotatable bonds is 3. The summed E-state index contributed by atoms with van der Waals surface area (Å²) < 4.78 is 0. The van der Waals surface area contributed by atoms with Crippen LogP contribution < -0.4 is 4.90 Å². The maximum absolute atomic E-state index is 4.98. The molecule has 1 saturated heterocycles. The monoisotopic (exact) mass is 397 g/mol. The first-order valence-corrected chi connectivity index (χ1v) is 10.2. The Morgan fingerprint density at radius 1 is 1.17 bits per heavy atom. The summed E-state index contributed by atoms with van der Waals surface area (Å²) in [6.45, 7) is 11.7. The highest BCUT2D eigenvalue weighted by atomic mass is 15.5. The van der Waals surface area contributed by atoms with E-state index in [0.717, 1.165) is 41.2 Å². The highest BCUT2D eigenvalue weighted by molar-refractivity contribution is 5.77. The second kappa shape index (κ2) is 6.83. The molecule has 4 aromatic rings. The molecule has 5 rings (SSSR count). The zero-order chi connectivity index (χ0) is 20.9. The lowest BCUT2D eigenvalue weighted by Crippen LogP contribution is -2.25. The fourth-order valence-corrected chi connectivity index (χ4v) is 4.09. The number of nitrogens with zero attached hydrogens (tertiary/aromatic N) is 5. The van der Waals surface area contributed by atoms with E-state index < -0.39 is 0 Å². The topological polar surface area (TPSA) is 62.6 Å². The zero-order valence-electron chi connectivity index (χ0n) is 17.6. The number of H-pyrrole nitrogens is 1. The Kier molecular flexibility index (Phi) is 4.24. The molecule has 1 N–H and O–H groups in total. The number of hydrogen-bond acceptors (Lipinski definition) is 4. The molecule has 0 unspecified atom stereocenters. The van der Waals surface area contributed by atoms with Gasteiger partial charge in [-0.15, -0.1) is 4.80 Å². The number of aromatic amines is 1. The van der Waals surface area contributed by atoms with Crippen LogP contribution in [0.15, 0.2) is 60.9 Å². The molecular formula is C24H25N6. The summed E-state index contributed by atoms with van der Waals surface area (Å²) in [5.74, 6) is 0.956. The van der Waals surface area contributed by atoms with E-state index in [1.165, 1.54) is 11.1 Å². The van der Waals surface area contributed by atoms with Crippen molar-refractivity contribution in [2.45, 2.75) is 38.6 Å². The molecule has 1 aliphatic rings. The van der Waals surface area contributed by atoms with Gasteiger partial charge in [0, 0.05) is 12.6 Å². The number of aromatic nitrogens is 5. The van der Waals surface area contributed by atoms with Crippen LogP contribution in [0.2, 0.25) is 0 Å². The number of para-hydroxylation sites is 1. The summed E-state index contributed by atoms with van der Waals surface area (Å²) in [5.41, 5.74) is 6.46. The van der Waals surface area contributed by atoms with Crippen LogP contribution in [0.5, 0.6) is 0 Å². The maximum atomic E-state index is 4.98. The standard InChI is InChI=1S/C24H25N6/c1-16-13-22(23-27-18-10-9-17(24(2,3)4)14-19(18)28-23)29(15-16)20-7-5-6-8-21(20)30-25-11-12-26-30/h5-7,9-12,14,22H,1,13,15H2,2-4H3,(H,27,28)/t22-/m0/s1. The van der Waals surface area contributed by atoms with Gasteiger partial charge in [0.2, 0.25) is 0 Å². The third-order valence-corrected chi connectivity index (χ3v) is 5.68. The summed E-state index contributed by atoms with van der Waals surface area (Å²) in [6.07, 6.45) is 4.21. The molecule has 30 heavy (non-hydrogen) atoms. The molecule has 0 aliphatic carbocycles. The molecule has 0 bridgehead atoms. The van der Waals surface area contributed by atoms with Gasteiger partial charge >= 0.3 is 0 Å². The van der Waals surface area contributed by atoms with Crippen LogP contribution in [-0.4, -0.2) is 31.5 Å². The number of benzene rings is 2. The first-order chi connectivity index (χ1) is 14.4. The van der Waals surface area contributed by atoms with Crippen LogP contribution in [0.1, 0.15) is 44.6 Å². The van der Waals surface area contributed by atoms with Crippen LogP contribution in [0.4, 0.5) is 5.69 Å². The smallest absolute Gasteiger partial charge is 0.130 e. The SMILES string of the molecule is C=C1C[C@@H](c2nc3cc(C(C)(C)C)ccc3[nH]2)N(c2ccc[c]c2-n2nccn2)C1. The fraction of sp³-hybridized carbons (Fsp3) is 0.292. The number of nitrogens with one attached hydrogen (secondary N) is 1. The minimum Gasteiger partial charge on any atom is -0.355 e. The quantitative estimate of drug-likeness (QED) is 0.507. The molecule has 6 heteroatoms. The molecule has 6 nitrogen and oxygen atoms in total. The zero-order valence-corrected chi connectivity index (χ0v) is 17.6. The van der Waals surface area contributed by atoms with Gasteiger partial charge in [-0.1, -0.05) is 51.1 Å². The Morgan fingerprint density at radius 2 is 1.97 bits per heavy atom. The van der Waals surface area contributed by atoms with Gasteiger partial charge in [-0.05, 0) is 35.6 Å². The van der Waals surface area contributed by atoms with Gasteiger partial charge < -0.3 is 9.88 Å². The van der Waals surface area contributed by atoms with Crippen LogP contribution in [0, 0.1) is 6.07 Å². The minimum absolute atomic E-state index is 0.0769. The molecule has 2 aromatic heterocycles. The third-order valence-electron chi connectivity index (χ3n) is 5.68. The molecular weight excluding hydrogens is 372 g/mol. The predicted molar refractivity (Wildman–Crippen MR) is 119 cm³/mol. The maximum Gasteiger partial charge on any atom is 0.130 e. The summed E-state index contributed by atoms with van der Waals surface area (Å²) in [6, 6.07) is 15.8. The van der Waals surface area contributed by atoms with Crippen molar-refractivity contribution in [3.63, 3.8) is 0 Å². The van der Waals surface area contributed by atoms with Crippen molar-refractivity contribution in [1.82, 2.24) is 25.0 Å². The Hall–Kier alpha value is -3.41. The number of fused-ring (bicyclic) bond motifs is 1. The summed E-state index contributed by atoms with van der Waals surface area (Å²) in [5, 5.41) is 8.61. The largest absolute Gasteiger partial charge is 0.355 e. The van der Waals surface area contributed by atoms with Crippen molar-refractivity contribution < 1.29 is 0 Å². The molecule has 0 spiro atoms. The van der Waals surface area contributed by atoms with Crippen LogP contribution in [0.3, 0.4) is 0 Å². The lowest BCUT2D eigenvalue weighted by Gasteiger charge is -2.26. The average molecular weight is 398 g/mol. The molecule has 0 amide bonds. The molecule has 0 saturated carbocycles. The van der Waals surface area contributed by atoms with Crippen molar-refractivity contribution in [2.24, 2.45) is 0 Å². The number of anilines is 1. The average Bonchev–Trinajstić information content (AvgIpc) is 3.45. The van der Waals surface area contributed by atoms with Gasteiger partial charge in [-0.2, -0.15) is 10.2 Å². The van der Waals surface area contributed by atoms with E-state index in [1.807, 2.05) is 12.1 Å². The first kappa shape index (κ1) is 18.6. The molecule has 3 heterocycles. The van der Waals surface area contributed by atoms with E-state index in [1.54, 1.807) is 17.2 Å². The van der Waals surface area contributed by atoms with Crippen molar-refractivity contribution in [3.8, 4) is 5.69 Å². The molecule has 151 valence electrons. The Balaban J connectivity index is 1.57. The van der Waals surface area contributed by atoms with Crippen molar-refractivity contribution in [2.75, 3.05) is 11.4 Å². The van der Waals surface area contributed by atoms with Crippen molar-refractivity contribution in [3.05, 3.63) is 78.4 Å². The highest BCUT2D eigenvalue weighted by Crippen LogP contribution is 2.40. The van der Waals surface area contributed by atoms with Crippen molar-refractivity contribution in [1.29, 1.82) is 0 Å². The molecule has 1 aliphatic heterocycles. The summed E-state index contributed by atoms with van der Waals surface area (Å²) >= 11 is 0. The van der Waals surface area contributed by atoms with E-state index >= 15 is 0 Å². The lowest BCUT2D eigenvalue weighted by atomic mass is 9.87. The van der Waals surface area contributed by atoms with Crippen LogP contribution in [-0.2, 0) is 5.41 Å². The van der Waals surface area contributed by atoms with E-state index in [0.29, 0.717) is 0 Å². The molecule has 2 aromatic carbocycles. The van der Waals surface area contributed by atoms with Gasteiger partial charge in [0.1, 0.15) is 11.5 Å². The Bertz CT molecular complexity index is 1210. The lowest BCUT2D eigenvalue weighted by molar-refractivity contribution is 0.591. The van der Waals surface area contributed by atoms with Crippen LogP contribution >= 0.6 is 0 Å². The van der Waals surface area contributed by atoms with E-state index in [2.05, 4.69) is 77.8 Å². The van der Waals surface area contributed by atoms with Crippen LogP contribution in [0.25, 0.3) is 16.7 Å². The number of imidazole rings is 1. The Labute approximate surface area is 176 Å². The molecule has 1 fully saturated rings. The van der Waals surface area contributed by atoms with Crippen molar-refractivity contribution >= 4 is 16.7 Å². The third kappa shape index (κ3) is 3.18. The predicted octanol–water partition coefficient (Wildman–Crippen LogP) is 4.75. The second-order valence-electron chi connectivity index (χ2n) is 8.92. The Morgan fingerprint density at radius 3 is 2.73 bits per heavy atom. The normalized spacial score (nSPS) is 17.2. The fourth-order valence-electron chi connectivity index (χ4n) is 4.09. The van der Waals surface area contributed by atoms with Gasteiger partial charge in [-0.25, -0.2) is 4.98 Å². The van der Waals surface area contributed by atoms with Gasteiger partial charge in [-0.3, -0.25) is 0 Å². The van der Waals surface area contributed by atoms with E-state index in [-0.39, 0.29) is 11.5 Å². The number of hydrogen-bond donors (Lipinski definition) is 1. The first-order valence-electron chi connectivity index (χ1n) is 10.2. The molecule has 1 atom stereocenters. The van der Waals surface area contributed by atoms with E-state index in [9.17, 15) is 0 Å². The van der Waals surface area contributed by atoms with Gasteiger partial charge in [0.15, 0.2) is 0 Å². The summed E-state index contributed by atoms with van der Waals surface area (Å²) in [4.78, 5) is 12.5. The van der Waals surface area contributed by atoms with E-state index in [4.69, 9.17) is 4.98 Å². The van der Waals surface area contributed by atoms with Gasteiger partial charge in [0.05, 0.1) is 35.2 Å². The highest BCUT2D eigenvalue weighted by Gasteiger charge is 2.32.